The molecule has 2 heteroatoms. The number of nitrogens with one attached hydrogen (secondary N) is 1. The predicted molar refractivity (Wildman–Crippen MR) is 64.5 cm³/mol. The van der Waals surface area contributed by atoms with Crippen LogP contribution in [0.3, 0.4) is 0 Å². The van der Waals surface area contributed by atoms with Gasteiger partial charge in [-0.1, -0.05) is 37.1 Å². The van der Waals surface area contributed by atoms with Gasteiger partial charge in [-0.3, -0.25) is 5.32 Å². The summed E-state index contributed by atoms with van der Waals surface area (Å²) in [5.41, 5.74) is 8.22. The third kappa shape index (κ3) is 3.39. The molecule has 0 spiro atoms. The molecule has 0 bridgehead atoms. The zero-order valence-electron chi connectivity index (χ0n) is 9.16. The van der Waals surface area contributed by atoms with Gasteiger partial charge in [0, 0.05) is 12.6 Å². The van der Waals surface area contributed by atoms with Crippen molar-refractivity contribution in [2.45, 2.75) is 19.4 Å². The summed E-state index contributed by atoms with van der Waals surface area (Å²) < 4.78 is 0. The second kappa shape index (κ2) is 6.23. The maximum atomic E-state index is 5.69. The van der Waals surface area contributed by atoms with Gasteiger partial charge in [0.2, 0.25) is 0 Å². The molecule has 0 aliphatic carbocycles. The number of terminal acetylenes is 1. The minimum atomic E-state index is 0.159. The normalized spacial score (nSPS) is 12.1. The quantitative estimate of drug-likeness (QED) is 0.710. The topological polar surface area (TPSA) is 38.0 Å². The Balaban J connectivity index is 2.70. The van der Waals surface area contributed by atoms with Gasteiger partial charge in [0.25, 0.3) is 0 Å². The molecular formula is C13H18N2. The van der Waals surface area contributed by atoms with Crippen molar-refractivity contribution in [1.82, 2.24) is 5.32 Å². The van der Waals surface area contributed by atoms with Crippen LogP contribution in [0, 0.1) is 12.3 Å². The molecule has 1 rings (SSSR count). The van der Waals surface area contributed by atoms with Crippen LogP contribution in [0.4, 0.5) is 0 Å². The van der Waals surface area contributed by atoms with E-state index in [9.17, 15) is 0 Å². The zero-order chi connectivity index (χ0) is 11.1. The van der Waals surface area contributed by atoms with E-state index in [-0.39, 0.29) is 6.04 Å². The van der Waals surface area contributed by atoms with Crippen molar-refractivity contribution in [2.75, 3.05) is 13.1 Å². The van der Waals surface area contributed by atoms with Gasteiger partial charge in [0.15, 0.2) is 0 Å². The zero-order valence-corrected chi connectivity index (χ0v) is 9.16. The third-order valence-corrected chi connectivity index (χ3v) is 2.48. The van der Waals surface area contributed by atoms with Gasteiger partial charge in [-0.05, 0) is 17.5 Å². The van der Waals surface area contributed by atoms with Gasteiger partial charge >= 0.3 is 0 Å². The van der Waals surface area contributed by atoms with Crippen molar-refractivity contribution in [2.24, 2.45) is 5.73 Å². The van der Waals surface area contributed by atoms with Crippen LogP contribution in [0.2, 0.25) is 0 Å². The Hall–Kier alpha value is -1.30. The number of benzene rings is 1. The fraction of sp³-hybridized carbons (Fsp3) is 0.385. The van der Waals surface area contributed by atoms with Gasteiger partial charge in [0.05, 0.1) is 6.54 Å². The summed E-state index contributed by atoms with van der Waals surface area (Å²) in [4.78, 5) is 0. The van der Waals surface area contributed by atoms with Crippen LogP contribution in [0.15, 0.2) is 24.3 Å². The highest BCUT2D eigenvalue weighted by Gasteiger charge is 2.07. The molecule has 0 saturated carbocycles. The summed E-state index contributed by atoms with van der Waals surface area (Å²) in [5, 5.41) is 3.21. The molecule has 1 aromatic rings. The van der Waals surface area contributed by atoms with Crippen LogP contribution in [0.25, 0.3) is 0 Å². The third-order valence-electron chi connectivity index (χ3n) is 2.48. The van der Waals surface area contributed by atoms with Crippen LogP contribution in [-0.4, -0.2) is 13.1 Å². The van der Waals surface area contributed by atoms with Crippen LogP contribution >= 0.6 is 0 Å². The van der Waals surface area contributed by atoms with Crippen LogP contribution in [-0.2, 0) is 6.42 Å². The first kappa shape index (κ1) is 11.8. The van der Waals surface area contributed by atoms with E-state index in [1.807, 2.05) is 0 Å². The Morgan fingerprint density at radius 3 is 2.53 bits per heavy atom. The summed E-state index contributed by atoms with van der Waals surface area (Å²) in [5.74, 6) is 2.56. The van der Waals surface area contributed by atoms with Crippen molar-refractivity contribution >= 4 is 0 Å². The van der Waals surface area contributed by atoms with Gasteiger partial charge in [-0.25, -0.2) is 0 Å². The Morgan fingerprint density at radius 1 is 1.40 bits per heavy atom. The minimum absolute atomic E-state index is 0.159. The van der Waals surface area contributed by atoms with E-state index >= 15 is 0 Å². The molecule has 1 atom stereocenters. The van der Waals surface area contributed by atoms with Crippen molar-refractivity contribution in [3.05, 3.63) is 35.4 Å². The van der Waals surface area contributed by atoms with Gasteiger partial charge < -0.3 is 5.73 Å². The first-order chi connectivity index (χ1) is 7.31. The molecule has 1 unspecified atom stereocenters. The smallest absolute Gasteiger partial charge is 0.0578 e. The maximum absolute atomic E-state index is 5.69. The van der Waals surface area contributed by atoms with Crippen molar-refractivity contribution in [3.8, 4) is 12.3 Å². The molecule has 0 fully saturated rings. The lowest BCUT2D eigenvalue weighted by Gasteiger charge is -2.15. The molecule has 0 saturated heterocycles. The first-order valence-electron chi connectivity index (χ1n) is 5.27. The highest BCUT2D eigenvalue weighted by atomic mass is 14.9. The fourth-order valence-corrected chi connectivity index (χ4v) is 1.51. The van der Waals surface area contributed by atoms with E-state index in [2.05, 4.69) is 42.4 Å². The van der Waals surface area contributed by atoms with E-state index in [0.29, 0.717) is 13.1 Å². The highest BCUT2D eigenvalue weighted by Crippen LogP contribution is 2.12. The first-order valence-corrected chi connectivity index (χ1v) is 5.27. The molecule has 15 heavy (non-hydrogen) atoms. The lowest BCUT2D eigenvalue weighted by atomic mass is 10.0. The Labute approximate surface area is 91.9 Å². The molecular weight excluding hydrogens is 184 g/mol. The Kier molecular flexibility index (Phi) is 4.89. The monoisotopic (exact) mass is 202 g/mol. The lowest BCUT2D eigenvalue weighted by molar-refractivity contribution is 0.582. The van der Waals surface area contributed by atoms with Crippen LogP contribution < -0.4 is 11.1 Å². The Morgan fingerprint density at radius 2 is 2.07 bits per heavy atom. The molecule has 1 aromatic carbocycles. The van der Waals surface area contributed by atoms with Gasteiger partial charge in [0.1, 0.15) is 0 Å². The Bertz CT molecular complexity index is 321. The summed E-state index contributed by atoms with van der Waals surface area (Å²) in [6.07, 6.45) is 6.26. The van der Waals surface area contributed by atoms with Crippen molar-refractivity contribution in [3.63, 3.8) is 0 Å². The number of hydrogen-bond donors (Lipinski definition) is 2. The van der Waals surface area contributed by atoms with Crippen LogP contribution in [0.1, 0.15) is 24.1 Å². The second-order valence-corrected chi connectivity index (χ2v) is 3.47. The fourth-order valence-electron chi connectivity index (χ4n) is 1.51. The van der Waals surface area contributed by atoms with E-state index in [0.717, 1.165) is 6.42 Å². The second-order valence-electron chi connectivity index (χ2n) is 3.47. The summed E-state index contributed by atoms with van der Waals surface area (Å²) in [7, 11) is 0. The number of nitrogens with two attached hydrogens (primary N) is 1. The van der Waals surface area contributed by atoms with E-state index in [1.54, 1.807) is 0 Å². The number of aryl methyl sites for hydroxylation is 1. The van der Waals surface area contributed by atoms with Gasteiger partial charge in [-0.15, -0.1) is 6.42 Å². The van der Waals surface area contributed by atoms with Crippen molar-refractivity contribution < 1.29 is 0 Å². The molecule has 0 amide bonds. The summed E-state index contributed by atoms with van der Waals surface area (Å²) in [6.45, 7) is 3.26. The van der Waals surface area contributed by atoms with Crippen molar-refractivity contribution in [1.29, 1.82) is 0 Å². The number of rotatable bonds is 5. The van der Waals surface area contributed by atoms with E-state index in [1.165, 1.54) is 11.1 Å². The molecule has 3 N–H and O–H groups in total. The maximum Gasteiger partial charge on any atom is 0.0578 e. The molecule has 0 aliphatic rings. The largest absolute Gasteiger partial charge is 0.329 e. The lowest BCUT2D eigenvalue weighted by Crippen LogP contribution is -2.28. The molecule has 0 heterocycles. The summed E-state index contributed by atoms with van der Waals surface area (Å²) in [6, 6.07) is 8.65. The molecule has 80 valence electrons. The summed E-state index contributed by atoms with van der Waals surface area (Å²) >= 11 is 0. The van der Waals surface area contributed by atoms with E-state index < -0.39 is 0 Å². The average molecular weight is 202 g/mol. The molecule has 0 radical (unpaired) electrons. The minimum Gasteiger partial charge on any atom is -0.329 e. The van der Waals surface area contributed by atoms with Gasteiger partial charge in [-0.2, -0.15) is 0 Å². The standard InChI is InChI=1S/C13H18N2/c1-3-9-15-13(10-14)12-7-5-11(4-2)6-8-12/h1,5-8,13,15H,4,9-10,14H2,2H3. The molecule has 2 nitrogen and oxygen atoms in total. The van der Waals surface area contributed by atoms with E-state index in [4.69, 9.17) is 12.2 Å². The SMILES string of the molecule is C#CCNC(CN)c1ccc(CC)cc1. The average Bonchev–Trinajstić information content (AvgIpc) is 2.31. The number of hydrogen-bond acceptors (Lipinski definition) is 2. The van der Waals surface area contributed by atoms with Crippen LogP contribution in [0.5, 0.6) is 0 Å². The predicted octanol–water partition coefficient (Wildman–Crippen LogP) is 1.47. The molecule has 0 aromatic heterocycles. The highest BCUT2D eigenvalue weighted by molar-refractivity contribution is 5.25. The molecule has 0 aliphatic heterocycles.